The van der Waals surface area contributed by atoms with Crippen LogP contribution in [0.5, 0.6) is 0 Å². The number of rotatable bonds is 5. The zero-order valence-corrected chi connectivity index (χ0v) is 33.1. The number of hydrogen-bond acceptors (Lipinski definition) is 2. The third-order valence-electron chi connectivity index (χ3n) is 12.6. The second-order valence-corrected chi connectivity index (χ2v) is 16.4. The summed E-state index contributed by atoms with van der Waals surface area (Å²) < 4.78 is 19.1. The highest BCUT2D eigenvalue weighted by molar-refractivity contribution is 6.12. The molecule has 0 atom stereocenters. The van der Waals surface area contributed by atoms with Crippen molar-refractivity contribution >= 4 is 43.6 Å². The molecule has 11 aromatic rings. The lowest BCUT2D eigenvalue weighted by molar-refractivity contribution is 0.609. The van der Waals surface area contributed by atoms with Crippen LogP contribution in [0.1, 0.15) is 25.0 Å². The molecule has 0 unspecified atom stereocenters. The zero-order valence-electron chi connectivity index (χ0n) is 33.1. The number of hydrogen-bond donors (Lipinski definition) is 0. The van der Waals surface area contributed by atoms with E-state index in [0.717, 1.165) is 83.4 Å². The van der Waals surface area contributed by atoms with Gasteiger partial charge in [0, 0.05) is 43.8 Å². The third-order valence-corrected chi connectivity index (χ3v) is 12.6. The standard InChI is InChI=1S/C55H37FN4/c1-55(2)46-30-37(22-25-40(46)41-27-24-38(56)32-47(41)55)49-33-48(34-13-5-3-6-14-34)57-54(58-49)60-51-20-12-9-17-42(51)44-26-21-36(31-53(44)60)35-23-28-52-45(29-35)43-18-10-11-19-50(43)59(52)39-15-7-4-8-16-39/h3-33H,1-2H3. The van der Waals surface area contributed by atoms with Crippen LogP contribution in [0.15, 0.2) is 188 Å². The van der Waals surface area contributed by atoms with Crippen molar-refractivity contribution in [3.63, 3.8) is 0 Å². The molecule has 0 bridgehead atoms. The Morgan fingerprint density at radius 3 is 1.72 bits per heavy atom. The van der Waals surface area contributed by atoms with E-state index < -0.39 is 0 Å². The molecule has 1 aliphatic rings. The summed E-state index contributed by atoms with van der Waals surface area (Å²) in [6.45, 7) is 4.35. The van der Waals surface area contributed by atoms with E-state index in [9.17, 15) is 4.39 Å². The maximum Gasteiger partial charge on any atom is 0.235 e. The fourth-order valence-corrected chi connectivity index (χ4v) is 9.68. The number of fused-ring (bicyclic) bond motifs is 9. The van der Waals surface area contributed by atoms with Gasteiger partial charge < -0.3 is 4.57 Å². The zero-order chi connectivity index (χ0) is 40.1. The van der Waals surface area contributed by atoms with Crippen molar-refractivity contribution in [3.8, 4) is 56.4 Å². The maximum absolute atomic E-state index is 14.6. The van der Waals surface area contributed by atoms with Crippen molar-refractivity contribution in [3.05, 3.63) is 205 Å². The Bertz CT molecular complexity index is 3520. The Hall–Kier alpha value is -7.63. The summed E-state index contributed by atoms with van der Waals surface area (Å²) in [5.74, 6) is 0.384. The monoisotopic (exact) mass is 772 g/mol. The maximum atomic E-state index is 14.6. The summed E-state index contributed by atoms with van der Waals surface area (Å²) in [4.78, 5) is 10.7. The molecule has 60 heavy (non-hydrogen) atoms. The molecule has 0 aliphatic heterocycles. The molecule has 3 aromatic heterocycles. The highest BCUT2D eigenvalue weighted by atomic mass is 19.1. The number of aromatic nitrogens is 4. The number of halogens is 1. The van der Waals surface area contributed by atoms with Gasteiger partial charge >= 0.3 is 0 Å². The van der Waals surface area contributed by atoms with Gasteiger partial charge in [0.2, 0.25) is 5.95 Å². The lowest BCUT2D eigenvalue weighted by Gasteiger charge is -2.22. The summed E-state index contributed by atoms with van der Waals surface area (Å²) in [6.07, 6.45) is 0. The molecule has 0 radical (unpaired) electrons. The van der Waals surface area contributed by atoms with Crippen molar-refractivity contribution in [1.82, 2.24) is 19.1 Å². The summed E-state index contributed by atoms with van der Waals surface area (Å²) in [7, 11) is 0. The molecule has 4 nitrogen and oxygen atoms in total. The van der Waals surface area contributed by atoms with Crippen molar-refractivity contribution in [2.75, 3.05) is 0 Å². The summed E-state index contributed by atoms with van der Waals surface area (Å²) in [6, 6.07) is 65.5. The van der Waals surface area contributed by atoms with E-state index in [2.05, 4.69) is 175 Å². The molecule has 0 fully saturated rings. The van der Waals surface area contributed by atoms with Gasteiger partial charge in [0.1, 0.15) is 5.82 Å². The Kier molecular flexibility index (Phi) is 7.42. The van der Waals surface area contributed by atoms with Crippen LogP contribution in [0.4, 0.5) is 4.39 Å². The molecule has 3 heterocycles. The normalized spacial score (nSPS) is 13.1. The number of para-hydroxylation sites is 3. The van der Waals surface area contributed by atoms with E-state index in [0.29, 0.717) is 5.95 Å². The fourth-order valence-electron chi connectivity index (χ4n) is 9.68. The van der Waals surface area contributed by atoms with Crippen molar-refractivity contribution in [2.45, 2.75) is 19.3 Å². The Labute approximate surface area is 346 Å². The van der Waals surface area contributed by atoms with Gasteiger partial charge in [0.05, 0.1) is 33.5 Å². The van der Waals surface area contributed by atoms with E-state index in [4.69, 9.17) is 9.97 Å². The molecule has 5 heteroatoms. The van der Waals surface area contributed by atoms with Crippen LogP contribution in [0.2, 0.25) is 0 Å². The Morgan fingerprint density at radius 1 is 0.400 bits per heavy atom. The van der Waals surface area contributed by atoms with Crippen LogP contribution in [0.25, 0.3) is 100 Å². The molecule has 8 aromatic carbocycles. The van der Waals surface area contributed by atoms with Gasteiger partial charge in [-0.1, -0.05) is 135 Å². The average molecular weight is 773 g/mol. The first-order valence-electron chi connectivity index (χ1n) is 20.4. The summed E-state index contributed by atoms with van der Waals surface area (Å²) in [5, 5.41) is 4.70. The summed E-state index contributed by atoms with van der Waals surface area (Å²) in [5.41, 5.74) is 15.5. The number of benzene rings is 8. The first-order chi connectivity index (χ1) is 29.4. The van der Waals surface area contributed by atoms with Crippen LogP contribution in [-0.2, 0) is 5.41 Å². The molecule has 0 saturated carbocycles. The molecule has 1 aliphatic carbocycles. The Morgan fingerprint density at radius 2 is 0.950 bits per heavy atom. The van der Waals surface area contributed by atoms with Crippen molar-refractivity contribution in [2.24, 2.45) is 0 Å². The molecular formula is C55H37FN4. The lowest BCUT2D eigenvalue weighted by atomic mass is 9.82. The molecule has 12 rings (SSSR count). The van der Waals surface area contributed by atoms with E-state index >= 15 is 0 Å². The molecule has 284 valence electrons. The highest BCUT2D eigenvalue weighted by Crippen LogP contribution is 2.50. The van der Waals surface area contributed by atoms with Gasteiger partial charge in [-0.25, -0.2) is 14.4 Å². The predicted octanol–water partition coefficient (Wildman–Crippen LogP) is 14.1. The average Bonchev–Trinajstić information content (AvgIpc) is 3.89. The van der Waals surface area contributed by atoms with Crippen molar-refractivity contribution < 1.29 is 4.39 Å². The van der Waals surface area contributed by atoms with Gasteiger partial charge in [-0.2, -0.15) is 0 Å². The minimum atomic E-state index is -0.371. The van der Waals surface area contributed by atoms with Crippen LogP contribution in [0.3, 0.4) is 0 Å². The van der Waals surface area contributed by atoms with Gasteiger partial charge in [0.25, 0.3) is 0 Å². The van der Waals surface area contributed by atoms with Gasteiger partial charge in [-0.15, -0.1) is 0 Å². The van der Waals surface area contributed by atoms with Crippen LogP contribution >= 0.6 is 0 Å². The Balaban J connectivity index is 1.06. The molecule has 0 amide bonds. The largest absolute Gasteiger partial charge is 0.309 e. The van der Waals surface area contributed by atoms with Gasteiger partial charge in [-0.05, 0) is 100 Å². The first kappa shape index (κ1) is 34.4. The van der Waals surface area contributed by atoms with E-state index in [-0.39, 0.29) is 11.2 Å². The lowest BCUT2D eigenvalue weighted by Crippen LogP contribution is -2.15. The minimum Gasteiger partial charge on any atom is -0.309 e. The SMILES string of the molecule is CC1(C)c2cc(F)ccc2-c2ccc(-c3cc(-c4ccccc4)nc(-n4c5ccccc5c5ccc(-c6ccc7c(c6)c6ccccc6n7-c6ccccc6)cc54)n3)cc21. The number of nitrogens with zero attached hydrogens (tertiary/aromatic N) is 4. The molecule has 0 saturated heterocycles. The first-order valence-corrected chi connectivity index (χ1v) is 20.4. The van der Waals surface area contributed by atoms with Gasteiger partial charge in [-0.3, -0.25) is 4.57 Å². The quantitative estimate of drug-likeness (QED) is 0.175. The molecular weight excluding hydrogens is 736 g/mol. The highest BCUT2D eigenvalue weighted by Gasteiger charge is 2.36. The topological polar surface area (TPSA) is 35.6 Å². The second kappa shape index (κ2) is 12.9. The van der Waals surface area contributed by atoms with Crippen LogP contribution in [0, 0.1) is 5.82 Å². The van der Waals surface area contributed by atoms with Crippen molar-refractivity contribution in [1.29, 1.82) is 0 Å². The smallest absolute Gasteiger partial charge is 0.235 e. The second-order valence-electron chi connectivity index (χ2n) is 16.4. The summed E-state index contributed by atoms with van der Waals surface area (Å²) >= 11 is 0. The molecule has 0 spiro atoms. The van der Waals surface area contributed by atoms with E-state index in [1.54, 1.807) is 12.1 Å². The fraction of sp³-hybridized carbons (Fsp3) is 0.0545. The third kappa shape index (κ3) is 5.15. The predicted molar refractivity (Wildman–Crippen MR) is 245 cm³/mol. The molecule has 0 N–H and O–H groups in total. The minimum absolute atomic E-state index is 0.214. The van der Waals surface area contributed by atoms with E-state index in [1.165, 1.54) is 21.8 Å². The van der Waals surface area contributed by atoms with E-state index in [1.807, 2.05) is 24.3 Å². The van der Waals surface area contributed by atoms with Gasteiger partial charge in [0.15, 0.2) is 0 Å². The van der Waals surface area contributed by atoms with Crippen LogP contribution < -0.4 is 0 Å². The van der Waals surface area contributed by atoms with Crippen LogP contribution in [-0.4, -0.2) is 19.1 Å².